The summed E-state index contributed by atoms with van der Waals surface area (Å²) in [7, 11) is 4.06. The molecule has 0 bridgehead atoms. The van der Waals surface area contributed by atoms with E-state index in [2.05, 4.69) is 21.6 Å². The Labute approximate surface area is 120 Å². The smallest absolute Gasteiger partial charge is 0.217 e. The number of hydrogen-bond acceptors (Lipinski definition) is 3. The summed E-state index contributed by atoms with van der Waals surface area (Å²) in [5.74, 6) is 0. The maximum atomic E-state index is 5.51. The van der Waals surface area contributed by atoms with E-state index in [4.69, 9.17) is 9.47 Å². The molecule has 1 rings (SSSR count). The summed E-state index contributed by atoms with van der Waals surface area (Å²) in [6.07, 6.45) is 3.92. The van der Waals surface area contributed by atoms with Crippen molar-refractivity contribution >= 4 is 5.69 Å². The highest BCUT2D eigenvalue weighted by molar-refractivity contribution is 5.41. The van der Waals surface area contributed by atoms with Crippen molar-refractivity contribution in [2.45, 2.75) is 26.7 Å². The molecule has 0 amide bonds. The molecule has 104 valence electrons. The van der Waals surface area contributed by atoms with Crippen molar-refractivity contribution < 1.29 is 31.0 Å². The zero-order valence-electron chi connectivity index (χ0n) is 11.6. The van der Waals surface area contributed by atoms with E-state index >= 15 is 0 Å². The van der Waals surface area contributed by atoms with E-state index in [1.807, 2.05) is 40.3 Å². The Hall–Kier alpha value is -0.650. The fraction of sp³-hybridized carbons (Fsp3) is 0.615. The molecule has 0 aliphatic rings. The number of aromatic nitrogens is 1. The van der Waals surface area contributed by atoms with Gasteiger partial charge in [-0.3, -0.25) is 0 Å². The van der Waals surface area contributed by atoms with E-state index in [9.17, 15) is 0 Å². The molecule has 0 aromatic carbocycles. The van der Waals surface area contributed by atoms with Crippen molar-refractivity contribution in [2.75, 3.05) is 32.2 Å². The van der Waals surface area contributed by atoms with Gasteiger partial charge >= 0.3 is 0 Å². The molecule has 0 aliphatic carbocycles. The van der Waals surface area contributed by atoms with Gasteiger partial charge in [-0.1, -0.05) is 0 Å². The van der Waals surface area contributed by atoms with Gasteiger partial charge in [-0.2, -0.15) is 4.57 Å². The van der Waals surface area contributed by atoms with E-state index in [1.54, 1.807) is 0 Å². The van der Waals surface area contributed by atoms with E-state index < -0.39 is 0 Å². The highest BCUT2D eigenvalue weighted by Crippen LogP contribution is 2.06. The number of nitrogens with zero attached hydrogens (tertiary/aromatic N) is 2. The van der Waals surface area contributed by atoms with Crippen molar-refractivity contribution in [3.05, 3.63) is 24.5 Å². The van der Waals surface area contributed by atoms with Gasteiger partial charge in [-0.05, 0) is 13.8 Å². The largest absolute Gasteiger partial charge is 1.00 e. The minimum absolute atomic E-state index is 0. The van der Waals surface area contributed by atoms with Crippen LogP contribution in [0.2, 0.25) is 0 Å². The first-order valence-corrected chi connectivity index (χ1v) is 6.07. The molecule has 0 aliphatic heterocycles. The fourth-order valence-electron chi connectivity index (χ4n) is 1.57. The number of halogens is 1. The second kappa shape index (κ2) is 9.30. The summed E-state index contributed by atoms with van der Waals surface area (Å²) >= 11 is 0. The van der Waals surface area contributed by atoms with Crippen LogP contribution in [0.25, 0.3) is 0 Å². The Bertz CT molecular complexity index is 311. The quantitative estimate of drug-likeness (QED) is 0.449. The lowest BCUT2D eigenvalue weighted by Gasteiger charge is -2.14. The lowest BCUT2D eigenvalue weighted by molar-refractivity contribution is -0.710. The highest BCUT2D eigenvalue weighted by atomic mass is 79.9. The van der Waals surface area contributed by atoms with E-state index in [-0.39, 0.29) is 23.3 Å². The van der Waals surface area contributed by atoms with Crippen LogP contribution in [-0.2, 0) is 16.0 Å². The zero-order valence-corrected chi connectivity index (χ0v) is 13.2. The number of pyridine rings is 1. The highest BCUT2D eigenvalue weighted by Gasteiger charge is 2.14. The maximum absolute atomic E-state index is 5.51. The standard InChI is InChI=1S/C13H23N2O2.BrH/c1-5-16-13(17-6-2)11-15-9-7-12(8-10-15)14(3)4;/h7-10,13H,5-6,11H2,1-4H3;1H/q+1;/p-1. The molecule has 4 nitrogen and oxygen atoms in total. The minimum Gasteiger partial charge on any atom is -1.00 e. The van der Waals surface area contributed by atoms with Crippen LogP contribution in [0.4, 0.5) is 5.69 Å². The Morgan fingerprint density at radius 1 is 1.11 bits per heavy atom. The van der Waals surface area contributed by atoms with Crippen molar-refractivity contribution in [3.8, 4) is 0 Å². The molecule has 0 N–H and O–H groups in total. The SMILES string of the molecule is CCOC(C[n+]1ccc(N(C)C)cc1)OCC.[Br-]. The normalized spacial score (nSPS) is 10.3. The van der Waals surface area contributed by atoms with Crippen LogP contribution in [0.15, 0.2) is 24.5 Å². The first-order valence-electron chi connectivity index (χ1n) is 6.07. The number of ether oxygens (including phenoxy) is 2. The summed E-state index contributed by atoms with van der Waals surface area (Å²) in [5.41, 5.74) is 1.19. The zero-order chi connectivity index (χ0) is 12.7. The summed E-state index contributed by atoms with van der Waals surface area (Å²) < 4.78 is 13.1. The Morgan fingerprint density at radius 3 is 2.00 bits per heavy atom. The predicted octanol–water partition coefficient (Wildman–Crippen LogP) is -1.56. The van der Waals surface area contributed by atoms with Gasteiger partial charge in [-0.15, -0.1) is 0 Å². The molecule has 1 aromatic rings. The first-order chi connectivity index (χ1) is 8.17. The Morgan fingerprint density at radius 2 is 1.61 bits per heavy atom. The fourth-order valence-corrected chi connectivity index (χ4v) is 1.57. The van der Waals surface area contributed by atoms with Crippen molar-refractivity contribution in [3.63, 3.8) is 0 Å². The molecule has 0 fully saturated rings. The molecule has 0 saturated carbocycles. The van der Waals surface area contributed by atoms with E-state index in [0.29, 0.717) is 13.2 Å². The second-order valence-electron chi connectivity index (χ2n) is 3.99. The molecule has 18 heavy (non-hydrogen) atoms. The van der Waals surface area contributed by atoms with Crippen LogP contribution in [0.5, 0.6) is 0 Å². The third-order valence-electron chi connectivity index (χ3n) is 2.45. The van der Waals surface area contributed by atoms with Crippen molar-refractivity contribution in [1.82, 2.24) is 0 Å². The average molecular weight is 319 g/mol. The number of rotatable bonds is 7. The molecule has 1 heterocycles. The van der Waals surface area contributed by atoms with Gasteiger partial charge in [0.25, 0.3) is 0 Å². The van der Waals surface area contributed by atoms with Crippen molar-refractivity contribution in [1.29, 1.82) is 0 Å². The molecule has 0 spiro atoms. The predicted molar refractivity (Wildman–Crippen MR) is 68.0 cm³/mol. The molecule has 0 atom stereocenters. The van der Waals surface area contributed by atoms with Crippen LogP contribution in [0.3, 0.4) is 0 Å². The Balaban J connectivity index is 0.00000289. The van der Waals surface area contributed by atoms with Crippen LogP contribution >= 0.6 is 0 Å². The van der Waals surface area contributed by atoms with Gasteiger partial charge < -0.3 is 31.4 Å². The molecular weight excluding hydrogens is 296 g/mol. The van der Waals surface area contributed by atoms with Gasteiger partial charge in [0.1, 0.15) is 0 Å². The van der Waals surface area contributed by atoms with E-state index in [0.717, 1.165) is 6.54 Å². The van der Waals surface area contributed by atoms with Crippen LogP contribution in [-0.4, -0.2) is 33.6 Å². The molecule has 0 unspecified atom stereocenters. The Kier molecular flexibility index (Phi) is 8.97. The first kappa shape index (κ1) is 17.4. The molecular formula is C13H23BrN2O2. The third kappa shape index (κ3) is 5.80. The number of anilines is 1. The molecule has 0 radical (unpaired) electrons. The van der Waals surface area contributed by atoms with Gasteiger partial charge in [0.15, 0.2) is 18.9 Å². The van der Waals surface area contributed by atoms with Gasteiger partial charge in [0.2, 0.25) is 6.29 Å². The van der Waals surface area contributed by atoms with Crippen molar-refractivity contribution in [2.24, 2.45) is 0 Å². The lowest BCUT2D eigenvalue weighted by atomic mass is 10.4. The van der Waals surface area contributed by atoms with Gasteiger partial charge in [0.05, 0.1) is 0 Å². The second-order valence-corrected chi connectivity index (χ2v) is 3.99. The van der Waals surface area contributed by atoms with Crippen LogP contribution in [0, 0.1) is 0 Å². The van der Waals surface area contributed by atoms with Gasteiger partial charge in [0, 0.05) is 45.1 Å². The summed E-state index contributed by atoms with van der Waals surface area (Å²) in [4.78, 5) is 2.08. The topological polar surface area (TPSA) is 25.6 Å². The monoisotopic (exact) mass is 318 g/mol. The molecule has 5 heteroatoms. The van der Waals surface area contributed by atoms with Gasteiger partial charge in [-0.25, -0.2) is 0 Å². The average Bonchev–Trinajstić information content (AvgIpc) is 2.30. The summed E-state index contributed by atoms with van der Waals surface area (Å²) in [6, 6.07) is 4.16. The maximum Gasteiger partial charge on any atom is 0.217 e. The lowest BCUT2D eigenvalue weighted by Crippen LogP contribution is -3.00. The molecule has 1 aromatic heterocycles. The summed E-state index contributed by atoms with van der Waals surface area (Å²) in [6.45, 7) is 6.01. The van der Waals surface area contributed by atoms with Crippen LogP contribution < -0.4 is 26.4 Å². The third-order valence-corrected chi connectivity index (χ3v) is 2.45. The molecule has 0 saturated heterocycles. The summed E-state index contributed by atoms with van der Waals surface area (Å²) in [5, 5.41) is 0. The van der Waals surface area contributed by atoms with E-state index in [1.165, 1.54) is 5.69 Å². The minimum atomic E-state index is -0.166. The van der Waals surface area contributed by atoms with Crippen LogP contribution in [0.1, 0.15) is 13.8 Å². The number of hydrogen-bond donors (Lipinski definition) is 0.